The monoisotopic (exact) mass is 394 g/mol. The van der Waals surface area contributed by atoms with Gasteiger partial charge in [0.1, 0.15) is 6.33 Å². The highest BCUT2D eigenvalue weighted by atomic mass is 16.1. The Morgan fingerprint density at radius 1 is 1.28 bits per heavy atom. The molecule has 29 heavy (non-hydrogen) atoms. The zero-order chi connectivity index (χ0) is 20.2. The van der Waals surface area contributed by atoms with Gasteiger partial charge in [-0.1, -0.05) is 12.1 Å². The van der Waals surface area contributed by atoms with Gasteiger partial charge in [0, 0.05) is 38.6 Å². The van der Waals surface area contributed by atoms with E-state index in [9.17, 15) is 9.59 Å². The number of hydrogen-bond acceptors (Lipinski definition) is 7. The van der Waals surface area contributed by atoms with Gasteiger partial charge in [0.2, 0.25) is 5.91 Å². The molecule has 1 fully saturated rings. The van der Waals surface area contributed by atoms with Gasteiger partial charge in [0.15, 0.2) is 5.82 Å². The number of carbonyl (C=O) groups is 1. The van der Waals surface area contributed by atoms with E-state index in [1.165, 1.54) is 10.9 Å². The first-order chi connectivity index (χ1) is 14.1. The van der Waals surface area contributed by atoms with Gasteiger partial charge >= 0.3 is 0 Å². The first-order valence-corrected chi connectivity index (χ1v) is 9.48. The molecule has 0 radical (unpaired) electrons. The molecule has 150 valence electrons. The largest absolute Gasteiger partial charge is 0.351 e. The molecule has 0 spiro atoms. The van der Waals surface area contributed by atoms with Crippen LogP contribution in [0, 0.1) is 0 Å². The van der Waals surface area contributed by atoms with Gasteiger partial charge in [-0.05, 0) is 41.0 Å². The Balaban J connectivity index is 1.35. The minimum Gasteiger partial charge on any atom is -0.351 e. The molecule has 1 N–H and O–H groups in total. The highest BCUT2D eigenvalue weighted by molar-refractivity contribution is 5.79. The van der Waals surface area contributed by atoms with Gasteiger partial charge in [0.05, 0.1) is 12.1 Å². The fraction of sp³-hybridized carbons (Fsp3) is 0.368. The van der Waals surface area contributed by atoms with Crippen LogP contribution in [0.4, 0.5) is 5.82 Å². The van der Waals surface area contributed by atoms with E-state index in [4.69, 9.17) is 0 Å². The zero-order valence-electron chi connectivity index (χ0n) is 16.1. The highest BCUT2D eigenvalue weighted by Crippen LogP contribution is 2.15. The number of rotatable bonds is 5. The number of piperidine rings is 1. The second kappa shape index (κ2) is 8.21. The number of benzene rings is 1. The summed E-state index contributed by atoms with van der Waals surface area (Å²) in [6.45, 7) is 1.34. The van der Waals surface area contributed by atoms with E-state index in [1.54, 1.807) is 24.1 Å². The van der Waals surface area contributed by atoms with Gasteiger partial charge in [-0.25, -0.2) is 9.67 Å². The van der Waals surface area contributed by atoms with Crippen molar-refractivity contribution in [1.82, 2.24) is 35.1 Å². The fourth-order valence-corrected chi connectivity index (χ4v) is 3.50. The van der Waals surface area contributed by atoms with Crippen molar-refractivity contribution in [3.8, 4) is 5.69 Å². The van der Waals surface area contributed by atoms with Gasteiger partial charge in [-0.2, -0.15) is 0 Å². The Bertz CT molecular complexity index is 1030. The first-order valence-electron chi connectivity index (χ1n) is 9.48. The van der Waals surface area contributed by atoms with Crippen molar-refractivity contribution in [2.45, 2.75) is 25.3 Å². The van der Waals surface area contributed by atoms with Crippen LogP contribution in [0.2, 0.25) is 0 Å². The molecule has 2 aromatic heterocycles. The predicted molar refractivity (Wildman–Crippen MR) is 106 cm³/mol. The molecule has 0 bridgehead atoms. The summed E-state index contributed by atoms with van der Waals surface area (Å²) in [6, 6.07) is 7.52. The van der Waals surface area contributed by atoms with E-state index < -0.39 is 0 Å². The molecule has 4 rings (SSSR count). The number of nitrogens with zero attached hydrogens (tertiary/aromatic N) is 7. The SMILES string of the molecule is Cn1ccnc(N2CCCC(NC(=O)Cc3ccc(-n4cnnn4)cc3)C2)c1=O. The van der Waals surface area contributed by atoms with Crippen molar-refractivity contribution in [2.75, 3.05) is 18.0 Å². The lowest BCUT2D eigenvalue weighted by molar-refractivity contribution is -0.121. The summed E-state index contributed by atoms with van der Waals surface area (Å²) in [5, 5.41) is 14.2. The van der Waals surface area contributed by atoms with Crippen LogP contribution >= 0.6 is 0 Å². The van der Waals surface area contributed by atoms with E-state index >= 15 is 0 Å². The third kappa shape index (κ3) is 4.31. The Morgan fingerprint density at radius 3 is 2.86 bits per heavy atom. The zero-order valence-corrected chi connectivity index (χ0v) is 16.1. The number of amides is 1. The third-order valence-electron chi connectivity index (χ3n) is 5.00. The average molecular weight is 394 g/mol. The van der Waals surface area contributed by atoms with Crippen LogP contribution in [0.3, 0.4) is 0 Å². The molecule has 1 aliphatic rings. The molecule has 1 amide bonds. The second-order valence-corrected chi connectivity index (χ2v) is 7.12. The average Bonchev–Trinajstić information content (AvgIpc) is 3.25. The smallest absolute Gasteiger partial charge is 0.293 e. The van der Waals surface area contributed by atoms with Crippen LogP contribution in [0.5, 0.6) is 0 Å². The molecule has 0 saturated carbocycles. The number of anilines is 1. The summed E-state index contributed by atoms with van der Waals surface area (Å²) in [6.07, 6.45) is 6.85. The summed E-state index contributed by atoms with van der Waals surface area (Å²) >= 11 is 0. The summed E-state index contributed by atoms with van der Waals surface area (Å²) in [5.74, 6) is 0.396. The Labute approximate surface area is 167 Å². The van der Waals surface area contributed by atoms with E-state index in [0.29, 0.717) is 12.4 Å². The Morgan fingerprint density at radius 2 is 2.10 bits per heavy atom. The number of nitrogens with one attached hydrogen (secondary N) is 1. The van der Waals surface area contributed by atoms with Gasteiger partial charge in [0.25, 0.3) is 5.56 Å². The summed E-state index contributed by atoms with van der Waals surface area (Å²) in [7, 11) is 1.71. The predicted octanol–water partition coefficient (Wildman–Crippen LogP) is 0.0837. The first kappa shape index (κ1) is 18.8. The molecule has 1 aliphatic heterocycles. The molecule has 3 heterocycles. The maximum atomic E-state index is 12.5. The molecule has 3 aromatic rings. The van der Waals surface area contributed by atoms with Gasteiger partial charge in [-0.3, -0.25) is 9.59 Å². The lowest BCUT2D eigenvalue weighted by Crippen LogP contribution is -2.49. The topological polar surface area (TPSA) is 111 Å². The summed E-state index contributed by atoms with van der Waals surface area (Å²) in [4.78, 5) is 31.0. The molecule has 1 aromatic carbocycles. The lowest BCUT2D eigenvalue weighted by Gasteiger charge is -2.33. The second-order valence-electron chi connectivity index (χ2n) is 7.12. The quantitative estimate of drug-likeness (QED) is 0.653. The van der Waals surface area contributed by atoms with Crippen LogP contribution in [0.15, 0.2) is 47.8 Å². The van der Waals surface area contributed by atoms with E-state index in [2.05, 4.69) is 25.8 Å². The van der Waals surface area contributed by atoms with E-state index in [0.717, 1.165) is 30.6 Å². The van der Waals surface area contributed by atoms with Crippen molar-refractivity contribution in [3.63, 3.8) is 0 Å². The van der Waals surface area contributed by atoms with E-state index in [-0.39, 0.29) is 23.9 Å². The molecule has 1 saturated heterocycles. The number of aryl methyl sites for hydroxylation is 1. The maximum Gasteiger partial charge on any atom is 0.293 e. The lowest BCUT2D eigenvalue weighted by atomic mass is 10.0. The van der Waals surface area contributed by atoms with Gasteiger partial charge in [-0.15, -0.1) is 5.10 Å². The minimum atomic E-state index is -0.123. The van der Waals surface area contributed by atoms with Crippen molar-refractivity contribution in [3.05, 3.63) is 58.9 Å². The Hall–Kier alpha value is -3.56. The van der Waals surface area contributed by atoms with Crippen LogP contribution in [-0.4, -0.2) is 54.8 Å². The van der Waals surface area contributed by atoms with Crippen molar-refractivity contribution >= 4 is 11.7 Å². The number of aromatic nitrogens is 6. The summed E-state index contributed by atoms with van der Waals surface area (Å²) < 4.78 is 3.08. The van der Waals surface area contributed by atoms with Crippen molar-refractivity contribution < 1.29 is 4.79 Å². The maximum absolute atomic E-state index is 12.5. The fourth-order valence-electron chi connectivity index (χ4n) is 3.50. The van der Waals surface area contributed by atoms with E-state index in [1.807, 2.05) is 29.2 Å². The minimum absolute atomic E-state index is 0.0107. The summed E-state index contributed by atoms with van der Waals surface area (Å²) in [5.41, 5.74) is 1.62. The van der Waals surface area contributed by atoms with Crippen molar-refractivity contribution in [1.29, 1.82) is 0 Å². The van der Waals surface area contributed by atoms with Crippen LogP contribution in [-0.2, 0) is 18.3 Å². The standard InChI is InChI=1S/C19H22N8O2/c1-25-10-8-20-18(19(25)29)26-9-2-3-15(12-26)22-17(28)11-14-4-6-16(7-5-14)27-13-21-23-24-27/h4-8,10,13,15H,2-3,9,11-12H2,1H3,(H,22,28). The Kier molecular flexibility index (Phi) is 5.32. The molecule has 1 atom stereocenters. The molecule has 1 unspecified atom stereocenters. The number of carbonyl (C=O) groups excluding carboxylic acids is 1. The molecular formula is C19H22N8O2. The van der Waals surface area contributed by atoms with Crippen LogP contribution in [0.1, 0.15) is 18.4 Å². The normalized spacial score (nSPS) is 16.6. The molecule has 10 heteroatoms. The third-order valence-corrected chi connectivity index (χ3v) is 5.00. The number of tetrazole rings is 1. The van der Waals surface area contributed by atoms with Crippen LogP contribution in [0.25, 0.3) is 5.69 Å². The number of hydrogen-bond donors (Lipinski definition) is 1. The van der Waals surface area contributed by atoms with Gasteiger partial charge < -0.3 is 14.8 Å². The molecule has 10 nitrogen and oxygen atoms in total. The molecule has 0 aliphatic carbocycles. The van der Waals surface area contributed by atoms with Crippen molar-refractivity contribution in [2.24, 2.45) is 7.05 Å². The van der Waals surface area contributed by atoms with Crippen LogP contribution < -0.4 is 15.8 Å². The highest BCUT2D eigenvalue weighted by Gasteiger charge is 2.24. The molecular weight excluding hydrogens is 372 g/mol.